The Morgan fingerprint density at radius 1 is 1.53 bits per heavy atom. The zero-order valence-electron chi connectivity index (χ0n) is 9.99. The molecule has 0 spiro atoms. The fraction of sp³-hybridized carbons (Fsp3) is 0.667. The van der Waals surface area contributed by atoms with Crippen LogP contribution in [-0.2, 0) is 0 Å². The molecule has 1 saturated carbocycles. The third-order valence-electron chi connectivity index (χ3n) is 3.46. The van der Waals surface area contributed by atoms with Crippen LogP contribution in [0.25, 0.3) is 0 Å². The molecule has 0 amide bonds. The van der Waals surface area contributed by atoms with E-state index in [1.165, 1.54) is 6.33 Å². The maximum atomic E-state index is 10.4. The highest BCUT2D eigenvalue weighted by atomic mass is 79.9. The molecule has 5 heteroatoms. The number of nitrogens with one attached hydrogen (secondary N) is 1. The lowest BCUT2D eigenvalue weighted by molar-refractivity contribution is 0.00493. The predicted octanol–water partition coefficient (Wildman–Crippen LogP) is 2.59. The molecule has 0 atom stereocenters. The smallest absolute Gasteiger partial charge is 0.143 e. The lowest BCUT2D eigenvalue weighted by Crippen LogP contribution is -2.40. The van der Waals surface area contributed by atoms with Crippen LogP contribution < -0.4 is 5.32 Å². The number of aliphatic hydroxyl groups is 1. The molecule has 1 fully saturated rings. The van der Waals surface area contributed by atoms with Gasteiger partial charge in [-0.05, 0) is 47.5 Å². The van der Waals surface area contributed by atoms with E-state index in [0.717, 1.165) is 41.9 Å². The van der Waals surface area contributed by atoms with Crippen molar-refractivity contribution in [1.82, 2.24) is 9.97 Å². The van der Waals surface area contributed by atoms with Gasteiger partial charge in [-0.2, -0.15) is 0 Å². The van der Waals surface area contributed by atoms with Gasteiger partial charge in [-0.1, -0.05) is 6.92 Å². The molecular weight excluding hydrogens is 282 g/mol. The van der Waals surface area contributed by atoms with Gasteiger partial charge in [-0.3, -0.25) is 0 Å². The highest BCUT2D eigenvalue weighted by molar-refractivity contribution is 9.10. The molecule has 2 N–H and O–H groups in total. The Labute approximate surface area is 110 Å². The van der Waals surface area contributed by atoms with Crippen molar-refractivity contribution in [3.8, 4) is 0 Å². The van der Waals surface area contributed by atoms with Gasteiger partial charge in [0.15, 0.2) is 0 Å². The molecule has 0 unspecified atom stereocenters. The van der Waals surface area contributed by atoms with E-state index in [2.05, 4.69) is 38.1 Å². The maximum absolute atomic E-state index is 10.4. The average molecular weight is 300 g/mol. The summed E-state index contributed by atoms with van der Waals surface area (Å²) in [6.07, 6.45) is 7.13. The minimum absolute atomic E-state index is 0.551. The van der Waals surface area contributed by atoms with Crippen molar-refractivity contribution < 1.29 is 5.11 Å². The fourth-order valence-electron chi connectivity index (χ4n) is 2.17. The maximum Gasteiger partial charge on any atom is 0.143 e. The fourth-order valence-corrected chi connectivity index (χ4v) is 2.53. The van der Waals surface area contributed by atoms with Gasteiger partial charge in [0.2, 0.25) is 0 Å². The summed E-state index contributed by atoms with van der Waals surface area (Å²) >= 11 is 3.38. The van der Waals surface area contributed by atoms with Crippen LogP contribution in [0.15, 0.2) is 17.0 Å². The summed E-state index contributed by atoms with van der Waals surface area (Å²) in [7, 11) is 0. The number of aromatic nitrogens is 2. The molecule has 1 aliphatic rings. The van der Waals surface area contributed by atoms with Crippen molar-refractivity contribution >= 4 is 21.7 Å². The molecule has 2 rings (SSSR count). The molecule has 17 heavy (non-hydrogen) atoms. The number of rotatable bonds is 3. The Morgan fingerprint density at radius 3 is 2.88 bits per heavy atom. The summed E-state index contributed by atoms with van der Waals surface area (Å²) in [6.45, 7) is 2.79. The SMILES string of the molecule is CC1CCC(O)(CNc2ncncc2Br)CC1. The number of nitrogens with zero attached hydrogens (tertiary/aromatic N) is 2. The van der Waals surface area contributed by atoms with Crippen LogP contribution in [0.4, 0.5) is 5.82 Å². The van der Waals surface area contributed by atoms with Gasteiger partial charge in [0, 0.05) is 12.7 Å². The molecule has 0 aliphatic heterocycles. The summed E-state index contributed by atoms with van der Waals surface area (Å²) < 4.78 is 0.827. The minimum Gasteiger partial charge on any atom is -0.388 e. The molecule has 1 aromatic rings. The van der Waals surface area contributed by atoms with Crippen LogP contribution in [0.1, 0.15) is 32.6 Å². The second-order valence-corrected chi connectivity index (χ2v) is 5.83. The zero-order valence-corrected chi connectivity index (χ0v) is 11.6. The van der Waals surface area contributed by atoms with Gasteiger partial charge < -0.3 is 10.4 Å². The Balaban J connectivity index is 1.92. The number of hydrogen-bond donors (Lipinski definition) is 2. The molecule has 0 aromatic carbocycles. The summed E-state index contributed by atoms with van der Waals surface area (Å²) in [5, 5.41) is 13.6. The van der Waals surface area contributed by atoms with Gasteiger partial charge in [-0.25, -0.2) is 9.97 Å². The second kappa shape index (κ2) is 5.31. The monoisotopic (exact) mass is 299 g/mol. The second-order valence-electron chi connectivity index (χ2n) is 4.98. The largest absolute Gasteiger partial charge is 0.388 e. The Kier molecular flexibility index (Phi) is 3.99. The van der Waals surface area contributed by atoms with Gasteiger partial charge in [0.25, 0.3) is 0 Å². The molecule has 1 heterocycles. The topological polar surface area (TPSA) is 58.0 Å². The van der Waals surface area contributed by atoms with E-state index in [1.807, 2.05) is 0 Å². The van der Waals surface area contributed by atoms with Crippen LogP contribution >= 0.6 is 15.9 Å². The Morgan fingerprint density at radius 2 is 2.24 bits per heavy atom. The third kappa shape index (κ3) is 3.39. The summed E-state index contributed by atoms with van der Waals surface area (Å²) in [5.74, 6) is 1.48. The lowest BCUT2D eigenvalue weighted by atomic mass is 9.79. The first-order chi connectivity index (χ1) is 8.09. The standard InChI is InChI=1S/C12H18BrN3O/c1-9-2-4-12(17,5-3-9)7-15-11-10(13)6-14-8-16-11/h6,8-9,17H,2-5,7H2,1H3,(H,14,15,16). The van der Waals surface area contributed by atoms with Crippen molar-refractivity contribution in [2.75, 3.05) is 11.9 Å². The Bertz CT molecular complexity index is 378. The van der Waals surface area contributed by atoms with Crippen LogP contribution in [0.2, 0.25) is 0 Å². The molecular formula is C12H18BrN3O. The number of anilines is 1. The van der Waals surface area contributed by atoms with E-state index >= 15 is 0 Å². The molecule has 94 valence electrons. The van der Waals surface area contributed by atoms with Crippen molar-refractivity contribution in [1.29, 1.82) is 0 Å². The number of hydrogen-bond acceptors (Lipinski definition) is 4. The van der Waals surface area contributed by atoms with Gasteiger partial charge in [-0.15, -0.1) is 0 Å². The molecule has 0 radical (unpaired) electrons. The van der Waals surface area contributed by atoms with E-state index in [1.54, 1.807) is 6.20 Å². The summed E-state index contributed by atoms with van der Waals surface area (Å²) in [6, 6.07) is 0. The normalized spacial score (nSPS) is 29.0. The highest BCUT2D eigenvalue weighted by Gasteiger charge is 2.31. The van der Waals surface area contributed by atoms with Gasteiger partial charge in [0.05, 0.1) is 10.1 Å². The van der Waals surface area contributed by atoms with Crippen LogP contribution in [0, 0.1) is 5.92 Å². The summed E-state index contributed by atoms with van der Waals surface area (Å²) in [5.41, 5.74) is -0.586. The number of halogens is 1. The lowest BCUT2D eigenvalue weighted by Gasteiger charge is -2.35. The van der Waals surface area contributed by atoms with Crippen molar-refractivity contribution in [3.05, 3.63) is 17.0 Å². The summed E-state index contributed by atoms with van der Waals surface area (Å²) in [4.78, 5) is 8.03. The van der Waals surface area contributed by atoms with E-state index in [0.29, 0.717) is 6.54 Å². The van der Waals surface area contributed by atoms with Crippen LogP contribution in [0.5, 0.6) is 0 Å². The molecule has 0 bridgehead atoms. The molecule has 1 aliphatic carbocycles. The van der Waals surface area contributed by atoms with Crippen molar-refractivity contribution in [3.63, 3.8) is 0 Å². The van der Waals surface area contributed by atoms with E-state index in [9.17, 15) is 5.11 Å². The predicted molar refractivity (Wildman–Crippen MR) is 70.8 cm³/mol. The van der Waals surface area contributed by atoms with E-state index in [4.69, 9.17) is 0 Å². The van der Waals surface area contributed by atoms with Crippen molar-refractivity contribution in [2.45, 2.75) is 38.2 Å². The van der Waals surface area contributed by atoms with Crippen LogP contribution in [0.3, 0.4) is 0 Å². The average Bonchev–Trinajstić information content (AvgIpc) is 2.33. The molecule has 1 aromatic heterocycles. The van der Waals surface area contributed by atoms with E-state index in [-0.39, 0.29) is 0 Å². The molecule has 0 saturated heterocycles. The van der Waals surface area contributed by atoms with Crippen LogP contribution in [-0.4, -0.2) is 27.2 Å². The van der Waals surface area contributed by atoms with Crippen molar-refractivity contribution in [2.24, 2.45) is 5.92 Å². The van der Waals surface area contributed by atoms with Gasteiger partial charge >= 0.3 is 0 Å². The zero-order chi connectivity index (χ0) is 12.3. The van der Waals surface area contributed by atoms with Gasteiger partial charge in [0.1, 0.15) is 12.1 Å². The third-order valence-corrected chi connectivity index (χ3v) is 4.04. The highest BCUT2D eigenvalue weighted by Crippen LogP contribution is 2.32. The minimum atomic E-state index is -0.586. The first kappa shape index (κ1) is 12.8. The quantitative estimate of drug-likeness (QED) is 0.901. The molecule has 4 nitrogen and oxygen atoms in total. The first-order valence-corrected chi connectivity index (χ1v) is 6.80. The van der Waals surface area contributed by atoms with E-state index < -0.39 is 5.60 Å². The first-order valence-electron chi connectivity index (χ1n) is 6.01. The Hall–Kier alpha value is -0.680.